The maximum atomic E-state index is 11.5. The van der Waals surface area contributed by atoms with Crippen LogP contribution >= 0.6 is 0 Å². The highest BCUT2D eigenvalue weighted by Gasteiger charge is 2.25. The van der Waals surface area contributed by atoms with Gasteiger partial charge in [0.05, 0.1) is 22.7 Å². The summed E-state index contributed by atoms with van der Waals surface area (Å²) in [5.74, 6) is -0.379. The second kappa shape index (κ2) is 6.69. The van der Waals surface area contributed by atoms with Crippen molar-refractivity contribution in [1.82, 2.24) is 15.0 Å². The Morgan fingerprint density at radius 3 is 2.04 bits per heavy atom. The summed E-state index contributed by atoms with van der Waals surface area (Å²) in [6.07, 6.45) is 1.32. The summed E-state index contributed by atoms with van der Waals surface area (Å²) < 4.78 is 0. The molecule has 120 valence electrons. The minimum Gasteiger partial charge on any atom is -0.358 e. The van der Waals surface area contributed by atoms with E-state index in [0.717, 1.165) is 0 Å². The molecule has 0 spiro atoms. The van der Waals surface area contributed by atoms with Crippen LogP contribution in [0, 0.1) is 10.1 Å². The van der Waals surface area contributed by atoms with Gasteiger partial charge in [-0.05, 0) is 29.2 Å². The Labute approximate surface area is 137 Å². The molecule has 0 aliphatic rings. The first-order valence-electron chi connectivity index (χ1n) is 7.15. The summed E-state index contributed by atoms with van der Waals surface area (Å²) >= 11 is 0. The van der Waals surface area contributed by atoms with Crippen LogP contribution < -0.4 is 5.01 Å². The van der Waals surface area contributed by atoms with Gasteiger partial charge in [-0.1, -0.05) is 36.4 Å². The fourth-order valence-corrected chi connectivity index (χ4v) is 2.13. The highest BCUT2D eigenvalue weighted by molar-refractivity contribution is 5.91. The Balaban J connectivity index is 2.12. The summed E-state index contributed by atoms with van der Waals surface area (Å²) in [5.41, 5.74) is 1.50. The van der Waals surface area contributed by atoms with Crippen LogP contribution in [-0.2, 0) is 7.05 Å². The van der Waals surface area contributed by atoms with Crippen molar-refractivity contribution < 1.29 is 4.92 Å². The lowest BCUT2D eigenvalue weighted by atomic mass is 10.2. The number of aromatic nitrogens is 3. The molecule has 0 bridgehead atoms. The standard InChI is InChI=1S/C16H14N6O2/c1-20-17-12-15(18-20)16(22(23)24)19-21(13-8-4-2-5-9-13)14-10-6-3-7-11-14/h2-12H,1H3. The number of hydrazone groups is 1. The predicted molar refractivity (Wildman–Crippen MR) is 89.6 cm³/mol. The summed E-state index contributed by atoms with van der Waals surface area (Å²) in [5, 5.41) is 25.1. The molecule has 0 fully saturated rings. The molecule has 0 aliphatic carbocycles. The van der Waals surface area contributed by atoms with Crippen LogP contribution in [0.2, 0.25) is 0 Å². The summed E-state index contributed by atoms with van der Waals surface area (Å²) in [6.45, 7) is 0. The number of aryl methyl sites for hydroxylation is 1. The topological polar surface area (TPSA) is 89.5 Å². The molecule has 0 saturated carbocycles. The van der Waals surface area contributed by atoms with E-state index >= 15 is 0 Å². The molecule has 24 heavy (non-hydrogen) atoms. The SMILES string of the molecule is Cn1ncc(C(=NN(c2ccccc2)c2ccccc2)[N+](=O)[O-])n1. The maximum Gasteiger partial charge on any atom is 0.418 e. The number of anilines is 2. The molecule has 1 heterocycles. The van der Waals surface area contributed by atoms with Crippen molar-refractivity contribution in [3.8, 4) is 0 Å². The molecule has 8 heteroatoms. The molecule has 0 N–H and O–H groups in total. The van der Waals surface area contributed by atoms with Gasteiger partial charge >= 0.3 is 5.84 Å². The van der Waals surface area contributed by atoms with Gasteiger partial charge in [-0.25, -0.2) is 0 Å². The van der Waals surface area contributed by atoms with Crippen LogP contribution in [0.25, 0.3) is 0 Å². The van der Waals surface area contributed by atoms with Crippen molar-refractivity contribution >= 4 is 17.2 Å². The number of nitrogens with zero attached hydrogens (tertiary/aromatic N) is 6. The smallest absolute Gasteiger partial charge is 0.358 e. The summed E-state index contributed by atoms with van der Waals surface area (Å²) in [7, 11) is 1.59. The average Bonchev–Trinajstić information content (AvgIpc) is 3.03. The van der Waals surface area contributed by atoms with Crippen molar-refractivity contribution in [2.24, 2.45) is 12.1 Å². The van der Waals surface area contributed by atoms with Crippen molar-refractivity contribution in [3.63, 3.8) is 0 Å². The zero-order valence-electron chi connectivity index (χ0n) is 12.9. The van der Waals surface area contributed by atoms with Gasteiger partial charge in [0.15, 0.2) is 0 Å². The van der Waals surface area contributed by atoms with Gasteiger partial charge in [0, 0.05) is 7.05 Å². The molecule has 3 rings (SSSR count). The van der Waals surface area contributed by atoms with Crippen LogP contribution in [0.5, 0.6) is 0 Å². The molecular formula is C16H14N6O2. The van der Waals surface area contributed by atoms with E-state index in [4.69, 9.17) is 0 Å². The van der Waals surface area contributed by atoms with Gasteiger partial charge in [-0.2, -0.15) is 9.90 Å². The predicted octanol–water partition coefficient (Wildman–Crippen LogP) is 2.59. The number of nitro groups is 1. The molecule has 0 atom stereocenters. The first-order valence-corrected chi connectivity index (χ1v) is 7.15. The maximum absolute atomic E-state index is 11.5. The van der Waals surface area contributed by atoms with Gasteiger partial charge in [0.2, 0.25) is 5.69 Å². The highest BCUT2D eigenvalue weighted by atomic mass is 16.6. The van der Waals surface area contributed by atoms with Gasteiger partial charge in [0.25, 0.3) is 0 Å². The van der Waals surface area contributed by atoms with E-state index in [1.807, 2.05) is 60.7 Å². The van der Waals surface area contributed by atoms with E-state index in [-0.39, 0.29) is 11.5 Å². The zero-order chi connectivity index (χ0) is 16.9. The number of hydrogen-bond acceptors (Lipinski definition) is 6. The van der Waals surface area contributed by atoms with Crippen LogP contribution in [0.4, 0.5) is 11.4 Å². The van der Waals surface area contributed by atoms with Crippen molar-refractivity contribution in [1.29, 1.82) is 0 Å². The summed E-state index contributed by atoms with van der Waals surface area (Å²) in [6, 6.07) is 18.4. The fourth-order valence-electron chi connectivity index (χ4n) is 2.13. The normalized spacial score (nSPS) is 11.3. The second-order valence-electron chi connectivity index (χ2n) is 4.88. The zero-order valence-corrected chi connectivity index (χ0v) is 12.9. The molecule has 0 unspecified atom stereocenters. The fraction of sp³-hybridized carbons (Fsp3) is 0.0625. The van der Waals surface area contributed by atoms with Crippen LogP contribution in [0.3, 0.4) is 0 Å². The van der Waals surface area contributed by atoms with Crippen LogP contribution in [-0.4, -0.2) is 25.8 Å². The molecule has 2 aromatic carbocycles. The van der Waals surface area contributed by atoms with E-state index in [1.165, 1.54) is 16.0 Å². The number of rotatable bonds is 4. The third kappa shape index (κ3) is 3.27. The lowest BCUT2D eigenvalue weighted by Gasteiger charge is -2.13. The molecule has 0 aliphatic heterocycles. The van der Waals surface area contributed by atoms with Crippen molar-refractivity contribution in [2.75, 3.05) is 5.01 Å². The first-order chi connectivity index (χ1) is 11.6. The Morgan fingerprint density at radius 2 is 1.62 bits per heavy atom. The Hall–Kier alpha value is -3.55. The van der Waals surface area contributed by atoms with Crippen molar-refractivity contribution in [3.05, 3.63) is 82.7 Å². The van der Waals surface area contributed by atoms with E-state index in [0.29, 0.717) is 11.4 Å². The van der Waals surface area contributed by atoms with Gasteiger partial charge < -0.3 is 10.1 Å². The minimum absolute atomic E-state index is 0.0966. The van der Waals surface area contributed by atoms with Gasteiger partial charge in [-0.3, -0.25) is 0 Å². The lowest BCUT2D eigenvalue weighted by Crippen LogP contribution is -2.21. The molecule has 3 aromatic rings. The van der Waals surface area contributed by atoms with Crippen molar-refractivity contribution in [2.45, 2.75) is 0 Å². The quantitative estimate of drug-likeness (QED) is 0.319. The molecule has 0 amide bonds. The number of hydrogen-bond donors (Lipinski definition) is 0. The second-order valence-corrected chi connectivity index (χ2v) is 4.88. The Bertz CT molecular complexity index is 821. The average molecular weight is 322 g/mol. The Kier molecular flexibility index (Phi) is 4.28. The third-order valence-electron chi connectivity index (χ3n) is 3.20. The minimum atomic E-state index is -0.567. The van der Waals surface area contributed by atoms with Gasteiger partial charge in [-0.15, -0.1) is 10.1 Å². The largest absolute Gasteiger partial charge is 0.418 e. The molecule has 0 saturated heterocycles. The van der Waals surface area contributed by atoms with Crippen LogP contribution in [0.15, 0.2) is 72.0 Å². The molecule has 0 radical (unpaired) electrons. The van der Waals surface area contributed by atoms with E-state index in [1.54, 1.807) is 7.05 Å². The van der Waals surface area contributed by atoms with Gasteiger partial charge in [0.1, 0.15) is 0 Å². The summed E-state index contributed by atoms with van der Waals surface area (Å²) in [4.78, 5) is 12.2. The van der Waals surface area contributed by atoms with E-state index < -0.39 is 4.92 Å². The third-order valence-corrected chi connectivity index (χ3v) is 3.20. The number of para-hydroxylation sites is 2. The molecule has 1 aromatic heterocycles. The van der Waals surface area contributed by atoms with E-state index in [9.17, 15) is 10.1 Å². The Morgan fingerprint density at radius 1 is 1.08 bits per heavy atom. The highest BCUT2D eigenvalue weighted by Crippen LogP contribution is 2.25. The number of amidine groups is 1. The first kappa shape index (κ1) is 15.3. The monoisotopic (exact) mass is 322 g/mol. The molecule has 8 nitrogen and oxygen atoms in total. The number of benzene rings is 2. The lowest BCUT2D eigenvalue weighted by molar-refractivity contribution is -0.349. The van der Waals surface area contributed by atoms with E-state index in [2.05, 4.69) is 15.3 Å². The molecular weight excluding hydrogens is 308 g/mol. The van der Waals surface area contributed by atoms with Crippen LogP contribution in [0.1, 0.15) is 5.69 Å².